The molecule has 1 saturated heterocycles. The van der Waals surface area contributed by atoms with Crippen LogP contribution in [0.3, 0.4) is 0 Å². The molecule has 14 heavy (non-hydrogen) atoms. The molecular formula is C10H22N4. The molecule has 1 fully saturated rings. The molecule has 3 N–H and O–H groups in total. The summed E-state index contributed by atoms with van der Waals surface area (Å²) in [6, 6.07) is 0.609. The predicted octanol–water partition coefficient (Wildman–Crippen LogP) is 0.395. The molecule has 0 saturated carbocycles. The molecule has 0 aromatic heterocycles. The van der Waals surface area contributed by atoms with E-state index in [0.29, 0.717) is 12.0 Å². The number of nitrogens with two attached hydrogens (primary N) is 1. The molecule has 0 bridgehead atoms. The first kappa shape index (κ1) is 11.3. The Morgan fingerprint density at radius 1 is 1.57 bits per heavy atom. The SMILES string of the molecule is CCNC(N)=NCC1CCCN1CC. The maximum atomic E-state index is 5.67. The Hall–Kier alpha value is -0.770. The van der Waals surface area contributed by atoms with Gasteiger partial charge in [0, 0.05) is 12.6 Å². The van der Waals surface area contributed by atoms with E-state index in [4.69, 9.17) is 5.73 Å². The van der Waals surface area contributed by atoms with Crippen LogP contribution in [0.2, 0.25) is 0 Å². The van der Waals surface area contributed by atoms with Gasteiger partial charge in [-0.05, 0) is 32.9 Å². The van der Waals surface area contributed by atoms with Crippen molar-refractivity contribution in [3.05, 3.63) is 0 Å². The van der Waals surface area contributed by atoms with Crippen LogP contribution < -0.4 is 11.1 Å². The minimum atomic E-state index is 0.579. The second kappa shape index (κ2) is 5.86. The van der Waals surface area contributed by atoms with Crippen molar-refractivity contribution in [1.29, 1.82) is 0 Å². The van der Waals surface area contributed by atoms with Crippen molar-refractivity contribution in [2.75, 3.05) is 26.2 Å². The van der Waals surface area contributed by atoms with Gasteiger partial charge in [-0.1, -0.05) is 6.92 Å². The van der Waals surface area contributed by atoms with Gasteiger partial charge < -0.3 is 11.1 Å². The van der Waals surface area contributed by atoms with E-state index in [9.17, 15) is 0 Å². The van der Waals surface area contributed by atoms with Crippen molar-refractivity contribution >= 4 is 5.96 Å². The lowest BCUT2D eigenvalue weighted by Gasteiger charge is -2.20. The lowest BCUT2D eigenvalue weighted by Crippen LogP contribution is -2.35. The first-order chi connectivity index (χ1) is 6.77. The van der Waals surface area contributed by atoms with Crippen LogP contribution in [0.25, 0.3) is 0 Å². The van der Waals surface area contributed by atoms with Gasteiger partial charge in [0.25, 0.3) is 0 Å². The largest absolute Gasteiger partial charge is 0.370 e. The van der Waals surface area contributed by atoms with Crippen molar-refractivity contribution in [3.8, 4) is 0 Å². The van der Waals surface area contributed by atoms with Gasteiger partial charge in [-0.15, -0.1) is 0 Å². The first-order valence-electron chi connectivity index (χ1n) is 5.55. The van der Waals surface area contributed by atoms with Gasteiger partial charge in [-0.2, -0.15) is 0 Å². The van der Waals surface area contributed by atoms with Crippen molar-refractivity contribution in [2.24, 2.45) is 10.7 Å². The summed E-state index contributed by atoms with van der Waals surface area (Å²) < 4.78 is 0. The van der Waals surface area contributed by atoms with E-state index >= 15 is 0 Å². The van der Waals surface area contributed by atoms with Gasteiger partial charge in [0.15, 0.2) is 5.96 Å². The topological polar surface area (TPSA) is 53.6 Å². The molecule has 0 aromatic carbocycles. The van der Waals surface area contributed by atoms with E-state index in [1.54, 1.807) is 0 Å². The smallest absolute Gasteiger partial charge is 0.188 e. The molecular weight excluding hydrogens is 176 g/mol. The Morgan fingerprint density at radius 3 is 3.00 bits per heavy atom. The van der Waals surface area contributed by atoms with Crippen LogP contribution in [0, 0.1) is 0 Å². The second-order valence-corrected chi connectivity index (χ2v) is 3.68. The summed E-state index contributed by atoms with van der Waals surface area (Å²) in [7, 11) is 0. The standard InChI is InChI=1S/C10H22N4/c1-3-12-10(11)13-8-9-6-5-7-14(9)4-2/h9H,3-8H2,1-2H3,(H3,11,12,13). The molecule has 1 rings (SSSR count). The Kier molecular flexibility index (Phi) is 4.73. The van der Waals surface area contributed by atoms with E-state index in [2.05, 4.69) is 22.1 Å². The zero-order valence-corrected chi connectivity index (χ0v) is 9.29. The maximum Gasteiger partial charge on any atom is 0.188 e. The van der Waals surface area contributed by atoms with Crippen LogP contribution in [-0.2, 0) is 0 Å². The molecule has 1 atom stereocenters. The number of hydrogen-bond acceptors (Lipinski definition) is 2. The summed E-state index contributed by atoms with van der Waals surface area (Å²) in [5.41, 5.74) is 5.67. The fourth-order valence-corrected chi connectivity index (χ4v) is 1.96. The number of guanidine groups is 1. The Balaban J connectivity index is 2.32. The zero-order valence-electron chi connectivity index (χ0n) is 9.29. The lowest BCUT2D eigenvalue weighted by atomic mass is 10.2. The number of nitrogens with zero attached hydrogens (tertiary/aromatic N) is 2. The monoisotopic (exact) mass is 198 g/mol. The molecule has 0 aromatic rings. The summed E-state index contributed by atoms with van der Waals surface area (Å²) >= 11 is 0. The van der Waals surface area contributed by atoms with E-state index < -0.39 is 0 Å². The lowest BCUT2D eigenvalue weighted by molar-refractivity contribution is 0.273. The minimum Gasteiger partial charge on any atom is -0.370 e. The summed E-state index contributed by atoms with van der Waals surface area (Å²) in [6.45, 7) is 8.26. The highest BCUT2D eigenvalue weighted by Crippen LogP contribution is 2.16. The van der Waals surface area contributed by atoms with Crippen molar-refractivity contribution in [3.63, 3.8) is 0 Å². The third-order valence-corrected chi connectivity index (χ3v) is 2.74. The highest BCUT2D eigenvalue weighted by Gasteiger charge is 2.22. The number of rotatable bonds is 4. The van der Waals surface area contributed by atoms with E-state index in [-0.39, 0.29) is 0 Å². The first-order valence-corrected chi connectivity index (χ1v) is 5.55. The summed E-state index contributed by atoms with van der Waals surface area (Å²) in [5.74, 6) is 0.579. The van der Waals surface area contributed by atoms with Gasteiger partial charge in [0.2, 0.25) is 0 Å². The molecule has 1 aliphatic heterocycles. The third-order valence-electron chi connectivity index (χ3n) is 2.74. The van der Waals surface area contributed by atoms with Gasteiger partial charge in [0.1, 0.15) is 0 Å². The average Bonchev–Trinajstić information content (AvgIpc) is 2.62. The van der Waals surface area contributed by atoms with Crippen LogP contribution in [0.15, 0.2) is 4.99 Å². The van der Waals surface area contributed by atoms with Crippen LogP contribution in [0.5, 0.6) is 0 Å². The molecule has 0 aliphatic carbocycles. The molecule has 1 heterocycles. The summed E-state index contributed by atoms with van der Waals surface area (Å²) in [5, 5.41) is 3.01. The molecule has 1 unspecified atom stereocenters. The normalized spacial score (nSPS) is 24.1. The van der Waals surface area contributed by atoms with Crippen molar-refractivity contribution < 1.29 is 0 Å². The average molecular weight is 198 g/mol. The van der Waals surface area contributed by atoms with Crippen LogP contribution >= 0.6 is 0 Å². The van der Waals surface area contributed by atoms with Crippen LogP contribution in [0.1, 0.15) is 26.7 Å². The summed E-state index contributed by atoms with van der Waals surface area (Å²) in [6.07, 6.45) is 2.56. The molecule has 0 amide bonds. The van der Waals surface area contributed by atoms with E-state index in [1.165, 1.54) is 19.4 Å². The molecule has 0 spiro atoms. The summed E-state index contributed by atoms with van der Waals surface area (Å²) in [4.78, 5) is 6.81. The number of nitrogens with one attached hydrogen (secondary N) is 1. The van der Waals surface area contributed by atoms with Gasteiger partial charge >= 0.3 is 0 Å². The number of aliphatic imine (C=N–C) groups is 1. The van der Waals surface area contributed by atoms with Gasteiger partial charge in [-0.3, -0.25) is 9.89 Å². The Bertz CT molecular complexity index is 191. The predicted molar refractivity (Wildman–Crippen MR) is 60.4 cm³/mol. The second-order valence-electron chi connectivity index (χ2n) is 3.68. The molecule has 0 radical (unpaired) electrons. The number of likely N-dealkylation sites (N-methyl/N-ethyl adjacent to an activating group) is 1. The van der Waals surface area contributed by atoms with Crippen LogP contribution in [0.4, 0.5) is 0 Å². The molecule has 4 heteroatoms. The Labute approximate surface area is 86.6 Å². The highest BCUT2D eigenvalue weighted by molar-refractivity contribution is 5.77. The highest BCUT2D eigenvalue weighted by atomic mass is 15.2. The van der Waals surface area contributed by atoms with E-state index in [1.807, 2.05) is 6.92 Å². The Morgan fingerprint density at radius 2 is 2.36 bits per heavy atom. The van der Waals surface area contributed by atoms with Crippen LogP contribution in [-0.4, -0.2) is 43.1 Å². The fraction of sp³-hybridized carbons (Fsp3) is 0.900. The molecule has 1 aliphatic rings. The van der Waals surface area contributed by atoms with E-state index in [0.717, 1.165) is 19.6 Å². The zero-order chi connectivity index (χ0) is 10.4. The van der Waals surface area contributed by atoms with Crippen molar-refractivity contribution in [1.82, 2.24) is 10.2 Å². The number of likely N-dealkylation sites (tertiary alicyclic amines) is 1. The quantitative estimate of drug-likeness (QED) is 0.508. The fourth-order valence-electron chi connectivity index (χ4n) is 1.96. The van der Waals surface area contributed by atoms with Gasteiger partial charge in [0.05, 0.1) is 6.54 Å². The minimum absolute atomic E-state index is 0.579. The third kappa shape index (κ3) is 3.18. The number of hydrogen-bond donors (Lipinski definition) is 2. The molecule has 82 valence electrons. The van der Waals surface area contributed by atoms with Crippen molar-refractivity contribution in [2.45, 2.75) is 32.7 Å². The maximum absolute atomic E-state index is 5.67. The van der Waals surface area contributed by atoms with Gasteiger partial charge in [-0.25, -0.2) is 0 Å². The molecule has 4 nitrogen and oxygen atoms in total.